The smallest absolute Gasteiger partial charge is 0.416 e. The van der Waals surface area contributed by atoms with Gasteiger partial charge >= 0.3 is 6.18 Å². The van der Waals surface area contributed by atoms with Crippen LogP contribution in [0, 0.1) is 12.7 Å². The molecule has 0 heterocycles. The molecular weight excluding hydrogens is 296 g/mol. The fourth-order valence-electron chi connectivity index (χ4n) is 2.39. The molecule has 0 aromatic heterocycles. The Bertz CT molecular complexity index is 690. The average Bonchev–Trinajstić information content (AvgIpc) is 2.46. The zero-order valence-corrected chi connectivity index (χ0v) is 12.5. The predicted octanol–water partition coefficient (Wildman–Crippen LogP) is 5.39. The van der Waals surface area contributed by atoms with Crippen molar-refractivity contribution in [1.29, 1.82) is 0 Å². The van der Waals surface area contributed by atoms with E-state index in [4.69, 9.17) is 4.74 Å². The van der Waals surface area contributed by atoms with E-state index in [0.29, 0.717) is 34.4 Å². The molecule has 1 nitrogen and oxygen atoms in total. The van der Waals surface area contributed by atoms with Crippen molar-refractivity contribution < 1.29 is 22.3 Å². The Labute approximate surface area is 126 Å². The summed E-state index contributed by atoms with van der Waals surface area (Å²) in [7, 11) is 1.41. The fourth-order valence-corrected chi connectivity index (χ4v) is 2.39. The van der Waals surface area contributed by atoms with Crippen molar-refractivity contribution in [3.05, 3.63) is 52.8 Å². The van der Waals surface area contributed by atoms with Gasteiger partial charge < -0.3 is 4.74 Å². The molecule has 0 spiro atoms. The molecule has 5 heteroatoms. The summed E-state index contributed by atoms with van der Waals surface area (Å²) in [6, 6.07) is 6.41. The SMILES string of the molecule is CCc1cc(-c2ccc(C(F)(F)F)cc2C)c(OC)cc1F. The van der Waals surface area contributed by atoms with Gasteiger partial charge in [0.25, 0.3) is 0 Å². The normalized spacial score (nSPS) is 11.6. The Hall–Kier alpha value is -2.04. The third-order valence-corrected chi connectivity index (χ3v) is 3.59. The van der Waals surface area contributed by atoms with Crippen LogP contribution in [0.2, 0.25) is 0 Å². The minimum atomic E-state index is -4.38. The predicted molar refractivity (Wildman–Crippen MR) is 77.5 cm³/mol. The molecule has 118 valence electrons. The molecule has 0 atom stereocenters. The molecule has 0 unspecified atom stereocenters. The molecule has 2 rings (SSSR count). The lowest BCUT2D eigenvalue weighted by Gasteiger charge is -2.15. The van der Waals surface area contributed by atoms with Gasteiger partial charge in [-0.05, 0) is 48.2 Å². The van der Waals surface area contributed by atoms with Crippen LogP contribution >= 0.6 is 0 Å². The van der Waals surface area contributed by atoms with Crippen molar-refractivity contribution in [1.82, 2.24) is 0 Å². The number of methoxy groups -OCH3 is 1. The molecule has 0 fully saturated rings. The zero-order valence-electron chi connectivity index (χ0n) is 12.5. The molecule has 2 aromatic carbocycles. The molecule has 0 amide bonds. The highest BCUT2D eigenvalue weighted by molar-refractivity contribution is 5.74. The number of halogens is 4. The van der Waals surface area contributed by atoms with Crippen molar-refractivity contribution in [3.63, 3.8) is 0 Å². The first-order chi connectivity index (χ1) is 10.3. The van der Waals surface area contributed by atoms with E-state index in [1.807, 2.05) is 6.92 Å². The molecular formula is C17H16F4O. The second-order valence-electron chi connectivity index (χ2n) is 5.02. The van der Waals surface area contributed by atoms with E-state index < -0.39 is 11.7 Å². The third-order valence-electron chi connectivity index (χ3n) is 3.59. The number of hydrogen-bond acceptors (Lipinski definition) is 1. The lowest BCUT2D eigenvalue weighted by atomic mass is 9.95. The van der Waals surface area contributed by atoms with E-state index in [9.17, 15) is 17.6 Å². The quantitative estimate of drug-likeness (QED) is 0.690. The van der Waals surface area contributed by atoms with Crippen molar-refractivity contribution in [2.45, 2.75) is 26.4 Å². The largest absolute Gasteiger partial charge is 0.496 e. The summed E-state index contributed by atoms with van der Waals surface area (Å²) in [5.74, 6) is -0.0785. The second kappa shape index (κ2) is 5.99. The summed E-state index contributed by atoms with van der Waals surface area (Å²) in [5.41, 5.74) is 1.44. The molecule has 0 saturated carbocycles. The van der Waals surface area contributed by atoms with Gasteiger partial charge in [0.15, 0.2) is 0 Å². The van der Waals surface area contributed by atoms with Gasteiger partial charge in [0.2, 0.25) is 0 Å². The van der Waals surface area contributed by atoms with E-state index >= 15 is 0 Å². The van der Waals surface area contributed by atoms with Gasteiger partial charge in [-0.25, -0.2) is 4.39 Å². The zero-order chi connectivity index (χ0) is 16.5. The Balaban J connectivity index is 2.61. The summed E-state index contributed by atoms with van der Waals surface area (Å²) in [6.45, 7) is 3.41. The highest BCUT2D eigenvalue weighted by Crippen LogP contribution is 2.37. The van der Waals surface area contributed by atoms with Crippen LogP contribution in [-0.2, 0) is 12.6 Å². The number of benzene rings is 2. The molecule has 0 radical (unpaired) electrons. The topological polar surface area (TPSA) is 9.23 Å². The Kier molecular flexibility index (Phi) is 4.44. The maximum Gasteiger partial charge on any atom is 0.416 e. The standard InChI is InChI=1S/C17H16F4O/c1-4-11-8-14(16(22-3)9-15(11)18)13-6-5-12(7-10(13)2)17(19,20)21/h5-9H,4H2,1-3H3. The molecule has 2 aromatic rings. The second-order valence-corrected chi connectivity index (χ2v) is 5.02. The first-order valence-corrected chi connectivity index (χ1v) is 6.82. The van der Waals surface area contributed by atoms with Crippen molar-refractivity contribution >= 4 is 0 Å². The van der Waals surface area contributed by atoms with Crippen molar-refractivity contribution in [2.75, 3.05) is 7.11 Å². The summed E-state index contributed by atoms with van der Waals surface area (Å²) in [6.07, 6.45) is -3.90. The highest BCUT2D eigenvalue weighted by Gasteiger charge is 2.30. The first-order valence-electron chi connectivity index (χ1n) is 6.82. The molecule has 0 aliphatic rings. The number of rotatable bonds is 3. The summed E-state index contributed by atoms with van der Waals surface area (Å²) in [4.78, 5) is 0. The first kappa shape index (κ1) is 16.3. The molecule has 22 heavy (non-hydrogen) atoms. The van der Waals surface area contributed by atoms with Crippen LogP contribution < -0.4 is 4.74 Å². The number of alkyl halides is 3. The molecule has 0 bridgehead atoms. The Morgan fingerprint density at radius 1 is 1.05 bits per heavy atom. The minimum Gasteiger partial charge on any atom is -0.496 e. The minimum absolute atomic E-state index is 0.303. The van der Waals surface area contributed by atoms with Crippen LogP contribution in [0.4, 0.5) is 17.6 Å². The van der Waals surface area contributed by atoms with E-state index in [2.05, 4.69) is 0 Å². The van der Waals surface area contributed by atoms with Crippen LogP contribution in [0.1, 0.15) is 23.6 Å². The Morgan fingerprint density at radius 3 is 2.23 bits per heavy atom. The van der Waals surface area contributed by atoms with E-state index in [0.717, 1.165) is 12.1 Å². The van der Waals surface area contributed by atoms with Crippen LogP contribution in [0.25, 0.3) is 11.1 Å². The molecule has 0 aliphatic carbocycles. The van der Waals surface area contributed by atoms with E-state index in [1.54, 1.807) is 13.0 Å². The average molecular weight is 312 g/mol. The lowest BCUT2D eigenvalue weighted by molar-refractivity contribution is -0.137. The summed E-state index contributed by atoms with van der Waals surface area (Å²) < 4.78 is 57.2. The monoisotopic (exact) mass is 312 g/mol. The van der Waals surface area contributed by atoms with Crippen LogP contribution in [0.3, 0.4) is 0 Å². The summed E-state index contributed by atoms with van der Waals surface area (Å²) >= 11 is 0. The van der Waals surface area contributed by atoms with Crippen LogP contribution in [0.15, 0.2) is 30.3 Å². The van der Waals surface area contributed by atoms with Crippen molar-refractivity contribution in [3.8, 4) is 16.9 Å². The van der Waals surface area contributed by atoms with Gasteiger partial charge in [0, 0.05) is 11.6 Å². The number of aryl methyl sites for hydroxylation is 2. The van der Waals surface area contributed by atoms with Crippen LogP contribution in [0.5, 0.6) is 5.75 Å². The van der Waals surface area contributed by atoms with Crippen molar-refractivity contribution in [2.24, 2.45) is 0 Å². The molecule has 0 aliphatic heterocycles. The molecule has 0 saturated heterocycles. The maximum atomic E-state index is 13.8. The van der Waals surface area contributed by atoms with Gasteiger partial charge in [0.1, 0.15) is 11.6 Å². The number of hydrogen-bond donors (Lipinski definition) is 0. The number of ether oxygens (including phenoxy) is 1. The highest BCUT2D eigenvalue weighted by atomic mass is 19.4. The van der Waals surface area contributed by atoms with Gasteiger partial charge in [-0.1, -0.05) is 13.0 Å². The Morgan fingerprint density at radius 2 is 1.73 bits per heavy atom. The maximum absolute atomic E-state index is 13.8. The van der Waals surface area contributed by atoms with E-state index in [-0.39, 0.29) is 5.82 Å². The van der Waals surface area contributed by atoms with Gasteiger partial charge in [0.05, 0.1) is 12.7 Å². The van der Waals surface area contributed by atoms with E-state index in [1.165, 1.54) is 19.2 Å². The lowest BCUT2D eigenvalue weighted by Crippen LogP contribution is -2.05. The molecule has 0 N–H and O–H groups in total. The van der Waals surface area contributed by atoms with Gasteiger partial charge in [-0.3, -0.25) is 0 Å². The fraction of sp³-hybridized carbons (Fsp3) is 0.294. The summed E-state index contributed by atoms with van der Waals surface area (Å²) in [5, 5.41) is 0. The van der Waals surface area contributed by atoms with Gasteiger partial charge in [-0.15, -0.1) is 0 Å². The third kappa shape index (κ3) is 3.08. The van der Waals surface area contributed by atoms with Crippen LogP contribution in [-0.4, -0.2) is 7.11 Å². The van der Waals surface area contributed by atoms with Gasteiger partial charge in [-0.2, -0.15) is 13.2 Å².